The van der Waals surface area contributed by atoms with Crippen LogP contribution < -0.4 is 10.9 Å². The molecule has 1 aromatic heterocycles. The van der Waals surface area contributed by atoms with Crippen molar-refractivity contribution in [1.29, 1.82) is 0 Å². The molecule has 6 heteroatoms. The van der Waals surface area contributed by atoms with Crippen molar-refractivity contribution in [3.05, 3.63) is 117 Å². The van der Waals surface area contributed by atoms with E-state index in [2.05, 4.69) is 79.7 Å². The third-order valence-corrected chi connectivity index (χ3v) is 7.38. The SMILES string of the molecule is O=c1c(NC2CCN(Cc3ccc(-c4ccccc4)cc3)CC2)nccn1Cc1ccccc1Br. The summed E-state index contributed by atoms with van der Waals surface area (Å²) in [4.78, 5) is 19.8. The second-order valence-corrected chi connectivity index (χ2v) is 9.91. The first kappa shape index (κ1) is 23.5. The van der Waals surface area contributed by atoms with E-state index in [4.69, 9.17) is 0 Å². The number of nitrogens with one attached hydrogen (secondary N) is 1. The summed E-state index contributed by atoms with van der Waals surface area (Å²) in [7, 11) is 0. The Hall–Kier alpha value is -3.22. The lowest BCUT2D eigenvalue weighted by Gasteiger charge is -2.32. The minimum Gasteiger partial charge on any atom is -0.363 e. The highest BCUT2D eigenvalue weighted by molar-refractivity contribution is 9.10. The fourth-order valence-electron chi connectivity index (χ4n) is 4.60. The Morgan fingerprint density at radius 2 is 1.54 bits per heavy atom. The molecule has 0 bridgehead atoms. The van der Waals surface area contributed by atoms with Crippen LogP contribution in [-0.4, -0.2) is 33.6 Å². The maximum Gasteiger partial charge on any atom is 0.293 e. The average molecular weight is 529 g/mol. The van der Waals surface area contributed by atoms with Crippen LogP contribution in [0.3, 0.4) is 0 Å². The number of anilines is 1. The van der Waals surface area contributed by atoms with E-state index in [1.807, 2.05) is 30.3 Å². The van der Waals surface area contributed by atoms with Crippen LogP contribution in [0.15, 0.2) is 101 Å². The third kappa shape index (κ3) is 5.89. The van der Waals surface area contributed by atoms with Crippen LogP contribution in [-0.2, 0) is 13.1 Å². The average Bonchev–Trinajstić information content (AvgIpc) is 2.90. The van der Waals surface area contributed by atoms with Gasteiger partial charge in [0.25, 0.3) is 5.56 Å². The molecule has 1 aliphatic rings. The number of rotatable bonds is 7. The van der Waals surface area contributed by atoms with Crippen LogP contribution in [0.1, 0.15) is 24.0 Å². The van der Waals surface area contributed by atoms with Crippen molar-refractivity contribution < 1.29 is 0 Å². The third-order valence-electron chi connectivity index (χ3n) is 6.61. The number of hydrogen-bond acceptors (Lipinski definition) is 4. The van der Waals surface area contributed by atoms with Gasteiger partial charge in [-0.2, -0.15) is 0 Å². The Morgan fingerprint density at radius 3 is 2.29 bits per heavy atom. The molecule has 4 aromatic rings. The molecule has 0 radical (unpaired) electrons. The van der Waals surface area contributed by atoms with Crippen molar-refractivity contribution in [2.75, 3.05) is 18.4 Å². The van der Waals surface area contributed by atoms with Crippen molar-refractivity contribution in [3.8, 4) is 11.1 Å². The Bertz CT molecular complexity index is 1310. The summed E-state index contributed by atoms with van der Waals surface area (Å²) < 4.78 is 2.71. The lowest BCUT2D eigenvalue weighted by molar-refractivity contribution is 0.211. The smallest absolute Gasteiger partial charge is 0.293 e. The minimum atomic E-state index is -0.0795. The molecule has 0 spiro atoms. The summed E-state index contributed by atoms with van der Waals surface area (Å²) in [6.45, 7) is 3.45. The molecule has 1 N–H and O–H groups in total. The van der Waals surface area contributed by atoms with Gasteiger partial charge >= 0.3 is 0 Å². The minimum absolute atomic E-state index is 0.0795. The summed E-state index contributed by atoms with van der Waals surface area (Å²) in [5.41, 5.74) is 4.81. The summed E-state index contributed by atoms with van der Waals surface area (Å²) in [6, 6.07) is 27.6. The molecule has 178 valence electrons. The molecule has 3 aromatic carbocycles. The zero-order chi connectivity index (χ0) is 24.0. The van der Waals surface area contributed by atoms with E-state index in [0.717, 1.165) is 42.5 Å². The van der Waals surface area contributed by atoms with Crippen LogP contribution in [0, 0.1) is 0 Å². The Morgan fingerprint density at radius 1 is 0.857 bits per heavy atom. The van der Waals surface area contributed by atoms with Crippen LogP contribution in [0.4, 0.5) is 5.82 Å². The summed E-state index contributed by atoms with van der Waals surface area (Å²) in [5, 5.41) is 3.42. The fraction of sp³-hybridized carbons (Fsp3) is 0.241. The van der Waals surface area contributed by atoms with Crippen molar-refractivity contribution in [2.45, 2.75) is 32.0 Å². The highest BCUT2D eigenvalue weighted by atomic mass is 79.9. The van der Waals surface area contributed by atoms with Gasteiger partial charge in [-0.25, -0.2) is 4.98 Å². The molecule has 0 atom stereocenters. The lowest BCUT2D eigenvalue weighted by atomic mass is 10.0. The van der Waals surface area contributed by atoms with E-state index in [9.17, 15) is 4.79 Å². The molecule has 0 aliphatic carbocycles. The predicted molar refractivity (Wildman–Crippen MR) is 146 cm³/mol. The predicted octanol–water partition coefficient (Wildman–Crippen LogP) is 5.80. The fourth-order valence-corrected chi connectivity index (χ4v) is 5.01. The number of hydrogen-bond donors (Lipinski definition) is 1. The second kappa shape index (κ2) is 11.0. The van der Waals surface area contributed by atoms with E-state index in [1.165, 1.54) is 16.7 Å². The maximum atomic E-state index is 13.0. The molecule has 5 rings (SSSR count). The lowest BCUT2D eigenvalue weighted by Crippen LogP contribution is -2.40. The van der Waals surface area contributed by atoms with E-state index >= 15 is 0 Å². The first-order valence-corrected chi connectivity index (χ1v) is 12.9. The number of likely N-dealkylation sites (tertiary alicyclic amines) is 1. The Kier molecular flexibility index (Phi) is 7.40. The Labute approximate surface area is 214 Å². The molecular weight excluding hydrogens is 500 g/mol. The number of nitrogens with zero attached hydrogens (tertiary/aromatic N) is 3. The summed E-state index contributed by atoms with van der Waals surface area (Å²) in [5.74, 6) is 0.439. The first-order valence-electron chi connectivity index (χ1n) is 12.1. The van der Waals surface area contributed by atoms with Gasteiger partial charge in [0, 0.05) is 42.5 Å². The summed E-state index contributed by atoms with van der Waals surface area (Å²) in [6.07, 6.45) is 5.43. The van der Waals surface area contributed by atoms with Gasteiger partial charge in [-0.1, -0.05) is 88.7 Å². The van der Waals surface area contributed by atoms with Crippen LogP contribution in [0.5, 0.6) is 0 Å². The molecule has 0 unspecified atom stereocenters. The van der Waals surface area contributed by atoms with Gasteiger partial charge in [0.2, 0.25) is 0 Å². The molecule has 35 heavy (non-hydrogen) atoms. The zero-order valence-corrected chi connectivity index (χ0v) is 21.2. The quantitative estimate of drug-likeness (QED) is 0.329. The van der Waals surface area contributed by atoms with Gasteiger partial charge in [-0.3, -0.25) is 9.69 Å². The monoisotopic (exact) mass is 528 g/mol. The molecule has 1 aliphatic heterocycles. The zero-order valence-electron chi connectivity index (χ0n) is 19.6. The van der Waals surface area contributed by atoms with Gasteiger partial charge in [0.1, 0.15) is 0 Å². The van der Waals surface area contributed by atoms with Gasteiger partial charge in [-0.15, -0.1) is 0 Å². The number of piperidine rings is 1. The number of aromatic nitrogens is 2. The highest BCUT2D eigenvalue weighted by Gasteiger charge is 2.21. The van der Waals surface area contributed by atoms with Gasteiger partial charge < -0.3 is 9.88 Å². The molecule has 1 saturated heterocycles. The number of halogens is 1. The standard InChI is InChI=1S/C29H29BrN4O/c30-27-9-5-4-8-25(27)21-34-19-16-31-28(29(34)35)32-26-14-17-33(18-15-26)20-22-10-12-24(13-11-22)23-6-2-1-3-7-23/h1-13,16,19,26H,14-15,17-18,20-21H2,(H,31,32). The summed E-state index contributed by atoms with van der Waals surface area (Å²) >= 11 is 3.57. The molecule has 0 saturated carbocycles. The molecular formula is C29H29BrN4O. The van der Waals surface area contributed by atoms with E-state index < -0.39 is 0 Å². The molecule has 2 heterocycles. The van der Waals surface area contributed by atoms with Crippen molar-refractivity contribution in [1.82, 2.24) is 14.5 Å². The molecule has 1 fully saturated rings. The first-order chi connectivity index (χ1) is 17.2. The van der Waals surface area contributed by atoms with Gasteiger partial charge in [0.05, 0.1) is 6.54 Å². The normalized spacial score (nSPS) is 14.7. The Balaban J connectivity index is 1.16. The van der Waals surface area contributed by atoms with Crippen LogP contribution in [0.2, 0.25) is 0 Å². The van der Waals surface area contributed by atoms with Gasteiger partial charge in [0.15, 0.2) is 5.82 Å². The number of benzene rings is 3. The topological polar surface area (TPSA) is 50.2 Å². The van der Waals surface area contributed by atoms with E-state index in [0.29, 0.717) is 12.4 Å². The van der Waals surface area contributed by atoms with E-state index in [-0.39, 0.29) is 11.6 Å². The van der Waals surface area contributed by atoms with E-state index in [1.54, 1.807) is 17.0 Å². The molecule has 0 amide bonds. The largest absolute Gasteiger partial charge is 0.363 e. The maximum absolute atomic E-state index is 13.0. The van der Waals surface area contributed by atoms with Crippen LogP contribution in [0.25, 0.3) is 11.1 Å². The van der Waals surface area contributed by atoms with Crippen molar-refractivity contribution in [2.24, 2.45) is 0 Å². The second-order valence-electron chi connectivity index (χ2n) is 9.06. The van der Waals surface area contributed by atoms with Gasteiger partial charge in [-0.05, 0) is 41.2 Å². The highest BCUT2D eigenvalue weighted by Crippen LogP contribution is 2.21. The molecule has 5 nitrogen and oxygen atoms in total. The van der Waals surface area contributed by atoms with Crippen molar-refractivity contribution in [3.63, 3.8) is 0 Å². The van der Waals surface area contributed by atoms with Crippen molar-refractivity contribution >= 4 is 21.7 Å². The van der Waals surface area contributed by atoms with Crippen LogP contribution >= 0.6 is 15.9 Å².